The minimum atomic E-state index is -1.65. The van der Waals surface area contributed by atoms with E-state index in [1.807, 2.05) is 18.7 Å². The van der Waals surface area contributed by atoms with Gasteiger partial charge in [-0.05, 0) is 80.0 Å². The number of piperidine rings is 1. The van der Waals surface area contributed by atoms with E-state index in [4.69, 9.17) is 5.73 Å². The molecule has 510 valence electrons. The first-order valence-electron chi connectivity index (χ1n) is 32.0. The van der Waals surface area contributed by atoms with Crippen LogP contribution >= 0.6 is 0 Å². The predicted molar refractivity (Wildman–Crippen MR) is 337 cm³/mol. The first-order valence-corrected chi connectivity index (χ1v) is 32.0. The molecule has 28 nitrogen and oxygen atoms in total. The van der Waals surface area contributed by atoms with E-state index >= 15 is 0 Å². The highest BCUT2D eigenvalue weighted by molar-refractivity contribution is 5.97. The molecule has 3 atom stereocenters. The highest BCUT2D eigenvalue weighted by Gasteiger charge is 2.46. The number of carboxylic acids is 3. The fourth-order valence-electron chi connectivity index (χ4n) is 11.6. The highest BCUT2D eigenvalue weighted by atomic mass is 19.1. The second-order valence-electron chi connectivity index (χ2n) is 24.8. The average Bonchev–Trinajstić information content (AvgIpc) is 0.835. The standard InChI is InChI=1S/C63H97FN14O14/c1-43(2)33-50(59(89)71-63(61(91)69-49(58(65)88)35-45-13-7-4-8-14-45)20-23-78(24-21-63)54(81)38-66-37-47-19-18-44(3)48(64)34-47)70-62(92)73-72-60(90)51(36-46-15-9-5-10-16-46)68-52(79)17-11-6-12-22-67-53(80)39-74-25-27-75(40-55(82)83)29-31-77(42-57(86)87)32-30-76(28-26-74)41-56(84)85/h5,9-10,15-16,18-19,34,43,45,49-51,66H,4,6-8,11-14,17,20-33,35-42H2,1-3H3,(H2,65,88)(H,67,80)(H,68,79)(H,69,91)(H,71,89)(H,72,90)(H,82,83)(H,84,85)(H,86,87)(H2,70,73,92)/t49-,50-,51-/m0/s1. The molecule has 0 radical (unpaired) electrons. The number of hydrogen-bond donors (Lipinski definition) is 12. The van der Waals surface area contributed by atoms with Crippen LogP contribution in [-0.2, 0) is 60.9 Å². The number of likely N-dealkylation sites (tertiary alicyclic amines) is 1. The monoisotopic (exact) mass is 1290 g/mol. The SMILES string of the molecule is Cc1ccc(CNCC(=O)N2CCC(NC(=O)[C@H](CC(C)C)NC(=O)NNC(=O)[C@H](Cc3ccccc3)NC(=O)CCCCCNC(=O)CN3CCN(CC(=O)O)CCN(CC(=O)O)CCN(CC(=O)O)CC3)(C(=O)N[C@@H](CC3CCCCC3)C(N)=O)CC2)cc1F. The lowest BCUT2D eigenvalue weighted by atomic mass is 9.83. The molecule has 1 aliphatic carbocycles. The number of aliphatic carboxylic acids is 3. The molecule has 1 saturated carbocycles. The number of urea groups is 1. The molecule has 5 rings (SSSR count). The van der Waals surface area contributed by atoms with E-state index in [1.165, 1.54) is 6.07 Å². The molecule has 2 heterocycles. The van der Waals surface area contributed by atoms with Gasteiger partial charge in [0.2, 0.25) is 35.4 Å². The molecule has 0 spiro atoms. The summed E-state index contributed by atoms with van der Waals surface area (Å²) in [6.07, 6.45) is 6.56. The Balaban J connectivity index is 1.15. The van der Waals surface area contributed by atoms with E-state index in [2.05, 4.69) is 42.8 Å². The van der Waals surface area contributed by atoms with Crippen molar-refractivity contribution in [3.63, 3.8) is 0 Å². The number of carbonyl (C=O) groups excluding carboxylic acids is 8. The molecule has 0 aromatic heterocycles. The van der Waals surface area contributed by atoms with Crippen LogP contribution in [0.3, 0.4) is 0 Å². The van der Waals surface area contributed by atoms with Crippen molar-refractivity contribution in [3.05, 3.63) is 71.0 Å². The molecule has 3 aliphatic rings. The Morgan fingerprint density at radius 1 is 0.630 bits per heavy atom. The van der Waals surface area contributed by atoms with Gasteiger partial charge in [-0.15, -0.1) is 0 Å². The van der Waals surface area contributed by atoms with E-state index in [9.17, 15) is 72.4 Å². The molecular formula is C63H97FN14O14. The quantitative estimate of drug-likeness (QED) is 0.0345. The Kier molecular flexibility index (Phi) is 31.6. The Morgan fingerprint density at radius 2 is 1.21 bits per heavy atom. The molecule has 92 heavy (non-hydrogen) atoms. The van der Waals surface area contributed by atoms with Gasteiger partial charge in [-0.3, -0.25) is 73.0 Å². The summed E-state index contributed by atoms with van der Waals surface area (Å²) in [7, 11) is 0. The molecule has 2 aromatic carbocycles. The van der Waals surface area contributed by atoms with Gasteiger partial charge in [0, 0.05) is 91.4 Å². The molecule has 29 heteroatoms. The zero-order chi connectivity index (χ0) is 67.2. The van der Waals surface area contributed by atoms with Crippen molar-refractivity contribution < 1.29 is 72.4 Å². The van der Waals surface area contributed by atoms with Crippen LogP contribution < -0.4 is 48.5 Å². The van der Waals surface area contributed by atoms with Crippen molar-refractivity contribution in [2.45, 2.75) is 141 Å². The number of hydrogen-bond acceptors (Lipinski definition) is 16. The normalized spacial score (nSPS) is 17.5. The maximum atomic E-state index is 14.6. The number of nitrogens with one attached hydrogen (secondary N) is 8. The lowest BCUT2D eigenvalue weighted by molar-refractivity contribution is -0.141. The number of amides is 9. The third-order valence-corrected chi connectivity index (χ3v) is 16.9. The fraction of sp³-hybridized carbons (Fsp3) is 0.635. The van der Waals surface area contributed by atoms with Crippen molar-refractivity contribution in [1.82, 2.24) is 67.3 Å². The first kappa shape index (κ1) is 74.9. The van der Waals surface area contributed by atoms with Crippen molar-refractivity contribution in [2.75, 3.05) is 105 Å². The van der Waals surface area contributed by atoms with Crippen LogP contribution in [0.5, 0.6) is 0 Å². The van der Waals surface area contributed by atoms with Crippen LogP contribution in [0.4, 0.5) is 9.18 Å². The van der Waals surface area contributed by atoms with Crippen LogP contribution in [0, 0.1) is 24.6 Å². The number of primary amides is 1. The lowest BCUT2D eigenvalue weighted by Gasteiger charge is -2.42. The van der Waals surface area contributed by atoms with E-state index in [-0.39, 0.29) is 173 Å². The molecule has 2 aliphatic heterocycles. The van der Waals surface area contributed by atoms with Crippen molar-refractivity contribution in [2.24, 2.45) is 17.6 Å². The lowest BCUT2D eigenvalue weighted by Crippen LogP contribution is -2.68. The number of aryl methyl sites for hydroxylation is 1. The minimum absolute atomic E-state index is 0.0144. The summed E-state index contributed by atoms with van der Waals surface area (Å²) in [6.45, 7) is 6.88. The zero-order valence-electron chi connectivity index (χ0n) is 53.4. The maximum Gasteiger partial charge on any atom is 0.334 e. The highest BCUT2D eigenvalue weighted by Crippen LogP contribution is 2.29. The van der Waals surface area contributed by atoms with Crippen LogP contribution in [0.25, 0.3) is 0 Å². The second-order valence-corrected chi connectivity index (χ2v) is 24.8. The number of halogens is 1. The molecule has 2 aromatic rings. The van der Waals surface area contributed by atoms with Crippen LogP contribution in [0.15, 0.2) is 48.5 Å². The Morgan fingerprint density at radius 3 is 1.75 bits per heavy atom. The van der Waals surface area contributed by atoms with Gasteiger partial charge in [0.15, 0.2) is 0 Å². The summed E-state index contributed by atoms with van der Waals surface area (Å²) in [5.74, 6) is -7.53. The molecule has 3 fully saturated rings. The third kappa shape index (κ3) is 27.5. The molecule has 9 amide bonds. The zero-order valence-corrected chi connectivity index (χ0v) is 53.4. The van der Waals surface area contributed by atoms with Crippen molar-refractivity contribution >= 4 is 65.3 Å². The summed E-state index contributed by atoms with van der Waals surface area (Å²) in [5.41, 5.74) is 10.7. The second kappa shape index (κ2) is 38.9. The summed E-state index contributed by atoms with van der Waals surface area (Å²) in [5, 5.41) is 45.6. The van der Waals surface area contributed by atoms with E-state index < -0.39 is 77.1 Å². The number of rotatable bonds is 32. The summed E-state index contributed by atoms with van der Waals surface area (Å²) in [6, 6.07) is 9.23. The molecular weight excluding hydrogens is 1200 g/mol. The number of nitrogens with two attached hydrogens (primary N) is 1. The Bertz CT molecular complexity index is 2750. The van der Waals surface area contributed by atoms with Gasteiger partial charge in [-0.25, -0.2) is 14.6 Å². The van der Waals surface area contributed by atoms with Gasteiger partial charge in [-0.1, -0.05) is 94.8 Å². The van der Waals surface area contributed by atoms with Gasteiger partial charge in [0.05, 0.1) is 32.7 Å². The molecule has 13 N–H and O–H groups in total. The van der Waals surface area contributed by atoms with Crippen molar-refractivity contribution in [3.8, 4) is 0 Å². The number of nitrogens with zero attached hydrogens (tertiary/aromatic N) is 5. The molecule has 2 saturated heterocycles. The average molecular weight is 1290 g/mol. The number of carboxylic acid groups (broad SMARTS) is 3. The third-order valence-electron chi connectivity index (χ3n) is 16.9. The Hall–Kier alpha value is -7.86. The van der Waals surface area contributed by atoms with E-state index in [0.29, 0.717) is 42.4 Å². The first-order chi connectivity index (χ1) is 43.9. The number of carbonyl (C=O) groups is 11. The van der Waals surface area contributed by atoms with Gasteiger partial charge >= 0.3 is 23.9 Å². The summed E-state index contributed by atoms with van der Waals surface area (Å²) < 4.78 is 14.2. The van der Waals surface area contributed by atoms with Crippen LogP contribution in [0.1, 0.15) is 114 Å². The predicted octanol–water partition coefficient (Wildman–Crippen LogP) is 0.266. The minimum Gasteiger partial charge on any atom is -0.480 e. The molecule has 0 bridgehead atoms. The summed E-state index contributed by atoms with van der Waals surface area (Å²) in [4.78, 5) is 153. The van der Waals surface area contributed by atoms with Gasteiger partial charge in [-0.2, -0.15) is 0 Å². The van der Waals surface area contributed by atoms with Crippen molar-refractivity contribution in [1.29, 1.82) is 0 Å². The topological polar surface area (TPSA) is 387 Å². The largest absolute Gasteiger partial charge is 0.480 e. The van der Waals surface area contributed by atoms with Crippen LogP contribution in [-0.4, -0.2) is 233 Å². The fourth-order valence-corrected chi connectivity index (χ4v) is 11.6. The van der Waals surface area contributed by atoms with Gasteiger partial charge < -0.3 is 57.9 Å². The van der Waals surface area contributed by atoms with E-state index in [0.717, 1.165) is 32.1 Å². The van der Waals surface area contributed by atoms with Gasteiger partial charge in [0.1, 0.15) is 29.5 Å². The number of hydrazine groups is 1. The number of unbranched alkanes of at least 4 members (excludes halogenated alkanes) is 2. The number of benzene rings is 2. The summed E-state index contributed by atoms with van der Waals surface area (Å²) >= 11 is 0. The maximum absolute atomic E-state index is 14.6. The molecule has 0 unspecified atom stereocenters. The Labute approximate surface area is 537 Å². The van der Waals surface area contributed by atoms with E-state index in [1.54, 1.807) is 69.0 Å². The smallest absolute Gasteiger partial charge is 0.334 e. The van der Waals surface area contributed by atoms with Gasteiger partial charge in [0.25, 0.3) is 5.91 Å². The van der Waals surface area contributed by atoms with Crippen LogP contribution in [0.2, 0.25) is 0 Å².